The number of ether oxygens (including phenoxy) is 2. The minimum Gasteiger partial charge on any atom is -0.790 e. The van der Waals surface area contributed by atoms with E-state index in [4.69, 9.17) is 15.2 Å². The van der Waals surface area contributed by atoms with Crippen molar-refractivity contribution in [3.05, 3.63) is 6.33 Å². The van der Waals surface area contributed by atoms with Gasteiger partial charge >= 0.3 is 6.01 Å². The summed E-state index contributed by atoms with van der Waals surface area (Å²) in [6, 6.07) is -0.106. The normalized spacial score (nSPS) is 26.1. The van der Waals surface area contributed by atoms with Crippen LogP contribution in [-0.2, 0) is 31.6 Å². The molecular weight excluding hydrogens is 555 g/mol. The molecule has 2 aromatic rings. The maximum Gasteiger partial charge on any atom is 0.301 e. The molecule has 1 saturated heterocycles. The van der Waals surface area contributed by atoms with Crippen molar-refractivity contribution in [1.82, 2.24) is 19.5 Å². The zero-order valence-electron chi connectivity index (χ0n) is 18.2. The number of unbranched alkanes of at least 4 members (excludes halogenated alkanes) is 1. The number of fused-ring (bicyclic) bond motifs is 1. The van der Waals surface area contributed by atoms with E-state index >= 15 is 0 Å². The number of nitrogens with zero attached hydrogens (tertiary/aromatic N) is 4. The van der Waals surface area contributed by atoms with E-state index < -0.39 is 54.6 Å². The fraction of sp³-hybridized carbons (Fsp3) is 0.643. The van der Waals surface area contributed by atoms with Gasteiger partial charge < -0.3 is 54.1 Å². The van der Waals surface area contributed by atoms with Crippen molar-refractivity contribution in [2.45, 2.75) is 44.3 Å². The Bertz CT molecular complexity index is 1220. The van der Waals surface area contributed by atoms with Gasteiger partial charge in [-0.2, -0.15) is 4.98 Å². The smallest absolute Gasteiger partial charge is 0.301 e. The van der Waals surface area contributed by atoms with Gasteiger partial charge in [-0.3, -0.25) is 13.4 Å². The molecule has 6 unspecified atom stereocenters. The summed E-state index contributed by atoms with van der Waals surface area (Å²) < 4.78 is 56.6. The lowest BCUT2D eigenvalue weighted by Crippen LogP contribution is -2.34. The topological polar surface area (TPSA) is 300 Å². The summed E-state index contributed by atoms with van der Waals surface area (Å²) in [6.45, 7) is 1.01. The number of hydrogen-bond acceptors (Lipinski definition) is 18. The van der Waals surface area contributed by atoms with Crippen molar-refractivity contribution < 1.29 is 66.1 Å². The summed E-state index contributed by atoms with van der Waals surface area (Å²) >= 11 is 0. The molecule has 0 aliphatic carbocycles. The van der Waals surface area contributed by atoms with E-state index in [1.807, 2.05) is 6.92 Å². The second-order valence-corrected chi connectivity index (χ2v) is 11.5. The molecule has 0 bridgehead atoms. The van der Waals surface area contributed by atoms with Crippen LogP contribution in [0, 0.1) is 0 Å². The van der Waals surface area contributed by atoms with Crippen LogP contribution in [0.2, 0.25) is 0 Å². The molecule has 0 aromatic carbocycles. The molecule has 2 aromatic heterocycles. The molecule has 0 radical (unpaired) electrons. The van der Waals surface area contributed by atoms with Gasteiger partial charge in [-0.25, -0.2) is 18.8 Å². The molecule has 204 valence electrons. The predicted octanol–water partition coefficient (Wildman–Crippen LogP) is -2.98. The first kappa shape index (κ1) is 29.0. The van der Waals surface area contributed by atoms with Crippen LogP contribution in [0.4, 0.5) is 5.82 Å². The summed E-state index contributed by atoms with van der Waals surface area (Å²) in [5.74, 6) is -0.0265. The van der Waals surface area contributed by atoms with Gasteiger partial charge in [0.15, 0.2) is 23.2 Å². The largest absolute Gasteiger partial charge is 0.790 e. The van der Waals surface area contributed by atoms with Crippen LogP contribution in [0.3, 0.4) is 0 Å². The van der Waals surface area contributed by atoms with Crippen molar-refractivity contribution in [3.8, 4) is 6.01 Å². The number of aliphatic hydroxyl groups is 2. The van der Waals surface area contributed by atoms with Crippen LogP contribution >= 0.6 is 23.5 Å². The van der Waals surface area contributed by atoms with Crippen molar-refractivity contribution in [2.24, 2.45) is 0 Å². The van der Waals surface area contributed by atoms with Gasteiger partial charge in [0, 0.05) is 0 Å². The zero-order chi connectivity index (χ0) is 26.9. The van der Waals surface area contributed by atoms with Crippen LogP contribution < -0.4 is 30.0 Å². The van der Waals surface area contributed by atoms with E-state index in [9.17, 15) is 43.5 Å². The van der Waals surface area contributed by atoms with E-state index in [0.717, 1.165) is 17.3 Å². The Hall–Kier alpha value is -1.56. The Labute approximate surface area is 202 Å². The molecule has 0 spiro atoms. The van der Waals surface area contributed by atoms with E-state index in [1.54, 1.807) is 0 Å². The van der Waals surface area contributed by atoms with Gasteiger partial charge in [0.1, 0.15) is 24.6 Å². The number of aromatic nitrogens is 4. The number of phosphoric acid groups is 3. The lowest BCUT2D eigenvalue weighted by atomic mass is 10.1. The number of aliphatic hydroxyl groups excluding tert-OH is 2. The van der Waals surface area contributed by atoms with Crippen molar-refractivity contribution >= 4 is 40.4 Å². The molecule has 1 fully saturated rings. The minimum absolute atomic E-state index is 0.0265. The maximum absolute atomic E-state index is 11.8. The molecule has 22 heteroatoms. The monoisotopic (exact) mass is 575 g/mol. The predicted molar refractivity (Wildman–Crippen MR) is 107 cm³/mol. The standard InChI is InChI=1S/C14H24N5O14P3/c1-2-3-4-29-14-18-8-11(15)16-6-17-12(8)19(14)13-10(21)9(20)7(31-13)5-30-35(25,26)33-36(27,28)32-34(22,23)24/h6-7,9-10,13,20-21H,2-5H2,1H3,(H,25,26)(H,27,28)(H2,15,16,17)(H2,22,23,24)/p-4. The average Bonchev–Trinajstić information content (AvgIpc) is 3.22. The molecule has 4 N–H and O–H groups in total. The number of rotatable bonds is 12. The maximum atomic E-state index is 11.8. The highest BCUT2D eigenvalue weighted by Gasteiger charge is 2.46. The molecule has 19 nitrogen and oxygen atoms in total. The number of imidazole rings is 1. The second kappa shape index (κ2) is 11.0. The molecule has 0 saturated carbocycles. The summed E-state index contributed by atoms with van der Waals surface area (Å²) in [6.07, 6.45) is -4.07. The minimum atomic E-state index is -6.17. The van der Waals surface area contributed by atoms with Crippen molar-refractivity contribution in [1.29, 1.82) is 0 Å². The zero-order valence-corrected chi connectivity index (χ0v) is 20.9. The number of phosphoric ester groups is 1. The summed E-state index contributed by atoms with van der Waals surface area (Å²) in [5, 5.41) is 20.9. The van der Waals surface area contributed by atoms with Gasteiger partial charge in [-0.1, -0.05) is 13.3 Å². The van der Waals surface area contributed by atoms with E-state index in [0.29, 0.717) is 6.42 Å². The third kappa shape index (κ3) is 7.05. The Morgan fingerprint density at radius 1 is 1.11 bits per heavy atom. The molecule has 3 heterocycles. The SMILES string of the molecule is CCCCOc1nc2c(N)ncnc2n1C1OC(COP(=O)([O-])OP(=O)([O-])OP(=O)([O-])[O-])C(O)C1O. The molecule has 0 amide bonds. The van der Waals surface area contributed by atoms with E-state index in [1.165, 1.54) is 0 Å². The Morgan fingerprint density at radius 2 is 1.81 bits per heavy atom. The molecule has 3 rings (SSSR count). The number of anilines is 1. The van der Waals surface area contributed by atoms with Gasteiger partial charge in [0.25, 0.3) is 15.6 Å². The van der Waals surface area contributed by atoms with Crippen molar-refractivity contribution in [2.75, 3.05) is 18.9 Å². The van der Waals surface area contributed by atoms with E-state index in [-0.39, 0.29) is 29.6 Å². The first-order chi connectivity index (χ1) is 16.6. The summed E-state index contributed by atoms with van der Waals surface area (Å²) in [7, 11) is -18.2. The first-order valence-corrected chi connectivity index (χ1v) is 14.4. The number of nitrogen functional groups attached to an aromatic ring is 1. The summed E-state index contributed by atoms with van der Waals surface area (Å²) in [5.41, 5.74) is 5.95. The van der Waals surface area contributed by atoms with Gasteiger partial charge in [0.2, 0.25) is 0 Å². The van der Waals surface area contributed by atoms with Crippen LogP contribution in [0.25, 0.3) is 11.2 Å². The van der Waals surface area contributed by atoms with Gasteiger partial charge in [-0.15, -0.1) is 0 Å². The van der Waals surface area contributed by atoms with Crippen LogP contribution in [0.5, 0.6) is 6.01 Å². The van der Waals surface area contributed by atoms with Gasteiger partial charge in [0.05, 0.1) is 21.0 Å². The lowest BCUT2D eigenvalue weighted by molar-refractivity contribution is -0.339. The highest BCUT2D eigenvalue weighted by molar-refractivity contribution is 7.64. The lowest BCUT2D eigenvalue weighted by Gasteiger charge is -2.37. The Morgan fingerprint density at radius 3 is 2.44 bits per heavy atom. The highest BCUT2D eigenvalue weighted by Crippen LogP contribution is 2.60. The van der Waals surface area contributed by atoms with Gasteiger partial charge in [-0.05, 0) is 6.42 Å². The molecule has 1 aliphatic rings. The summed E-state index contributed by atoms with van der Waals surface area (Å²) in [4.78, 5) is 55.9. The Balaban J connectivity index is 1.79. The number of nitrogens with two attached hydrogens (primary N) is 1. The van der Waals surface area contributed by atoms with Crippen molar-refractivity contribution in [3.63, 3.8) is 0 Å². The fourth-order valence-corrected chi connectivity index (χ4v) is 5.94. The number of hydrogen-bond donors (Lipinski definition) is 3. The molecular formula is C14H20N5O14P3-4. The first-order valence-electron chi connectivity index (χ1n) is 9.98. The molecule has 1 aliphatic heterocycles. The third-order valence-corrected chi connectivity index (χ3v) is 8.26. The Kier molecular flexibility index (Phi) is 8.90. The molecule has 6 atom stereocenters. The fourth-order valence-electron chi connectivity index (χ4n) is 3.07. The second-order valence-electron chi connectivity index (χ2n) is 7.24. The highest BCUT2D eigenvalue weighted by atomic mass is 31.3. The van der Waals surface area contributed by atoms with Crippen LogP contribution in [0.15, 0.2) is 6.33 Å². The average molecular weight is 575 g/mol. The van der Waals surface area contributed by atoms with Crippen LogP contribution in [0.1, 0.15) is 26.0 Å². The quantitative estimate of drug-likeness (QED) is 0.168. The molecule has 36 heavy (non-hydrogen) atoms. The van der Waals surface area contributed by atoms with E-state index in [2.05, 4.69) is 28.1 Å². The van der Waals surface area contributed by atoms with Crippen LogP contribution in [-0.4, -0.2) is 61.3 Å². The third-order valence-electron chi connectivity index (χ3n) is 4.59.